The molecule has 0 radical (unpaired) electrons. The van der Waals surface area contributed by atoms with Gasteiger partial charge in [-0.3, -0.25) is 4.79 Å². The molecule has 150 valence electrons. The van der Waals surface area contributed by atoms with Crippen molar-refractivity contribution in [2.45, 2.75) is 18.4 Å². The number of carbonyl (C=O) groups excluding carboxylic acids is 1. The van der Waals surface area contributed by atoms with E-state index in [1.165, 1.54) is 11.4 Å². The largest absolute Gasteiger partial charge is 0.322 e. The molecular weight excluding hydrogens is 408 g/mol. The van der Waals surface area contributed by atoms with Gasteiger partial charge in [-0.05, 0) is 60.5 Å². The van der Waals surface area contributed by atoms with Gasteiger partial charge in [0, 0.05) is 29.9 Å². The summed E-state index contributed by atoms with van der Waals surface area (Å²) < 4.78 is 26.5. The van der Waals surface area contributed by atoms with E-state index in [2.05, 4.69) is 5.32 Å². The second kappa shape index (κ2) is 8.78. The van der Waals surface area contributed by atoms with E-state index in [0.29, 0.717) is 16.3 Å². The summed E-state index contributed by atoms with van der Waals surface area (Å²) in [6.45, 7) is 2.07. The summed E-state index contributed by atoms with van der Waals surface area (Å²) in [5, 5.41) is 3.47. The van der Waals surface area contributed by atoms with Gasteiger partial charge in [-0.1, -0.05) is 41.9 Å². The van der Waals surface area contributed by atoms with E-state index in [-0.39, 0.29) is 17.3 Å². The maximum absolute atomic E-state index is 12.6. The maximum Gasteiger partial charge on any atom is 0.255 e. The number of amides is 1. The molecular formula is C22H21ClN2O3S. The molecule has 5 nitrogen and oxygen atoms in total. The molecule has 3 aromatic carbocycles. The van der Waals surface area contributed by atoms with E-state index >= 15 is 0 Å². The summed E-state index contributed by atoms with van der Waals surface area (Å²) in [5.74, 6) is -0.243. The van der Waals surface area contributed by atoms with E-state index < -0.39 is 10.0 Å². The van der Waals surface area contributed by atoms with Crippen LogP contribution in [0.25, 0.3) is 0 Å². The van der Waals surface area contributed by atoms with Crippen molar-refractivity contribution < 1.29 is 13.2 Å². The Morgan fingerprint density at radius 1 is 1.00 bits per heavy atom. The van der Waals surface area contributed by atoms with Gasteiger partial charge in [0.05, 0.1) is 4.90 Å². The molecule has 0 atom stereocenters. The topological polar surface area (TPSA) is 66.5 Å². The van der Waals surface area contributed by atoms with Crippen LogP contribution in [0.4, 0.5) is 5.69 Å². The monoisotopic (exact) mass is 428 g/mol. The van der Waals surface area contributed by atoms with Crippen molar-refractivity contribution in [3.63, 3.8) is 0 Å². The van der Waals surface area contributed by atoms with Crippen LogP contribution in [0, 0.1) is 6.92 Å². The molecule has 0 spiro atoms. The van der Waals surface area contributed by atoms with Gasteiger partial charge in [-0.2, -0.15) is 4.31 Å². The third-order valence-corrected chi connectivity index (χ3v) is 6.56. The van der Waals surface area contributed by atoms with Crippen molar-refractivity contribution in [1.82, 2.24) is 4.31 Å². The first-order valence-electron chi connectivity index (χ1n) is 8.95. The Morgan fingerprint density at radius 3 is 2.28 bits per heavy atom. The molecule has 0 saturated heterocycles. The molecule has 0 aliphatic heterocycles. The van der Waals surface area contributed by atoms with Gasteiger partial charge in [0.25, 0.3) is 5.91 Å². The molecule has 1 N–H and O–H groups in total. The molecule has 3 aromatic rings. The van der Waals surface area contributed by atoms with E-state index in [0.717, 1.165) is 11.1 Å². The molecule has 0 saturated carbocycles. The number of nitrogens with zero attached hydrogens (tertiary/aromatic N) is 1. The van der Waals surface area contributed by atoms with Crippen molar-refractivity contribution in [3.8, 4) is 0 Å². The van der Waals surface area contributed by atoms with Crippen LogP contribution in [0.2, 0.25) is 5.02 Å². The van der Waals surface area contributed by atoms with Crippen molar-refractivity contribution in [3.05, 3.63) is 94.5 Å². The number of hydrogen-bond donors (Lipinski definition) is 1. The Balaban J connectivity index is 1.69. The first-order valence-corrected chi connectivity index (χ1v) is 10.8. The van der Waals surface area contributed by atoms with E-state index in [1.807, 2.05) is 6.92 Å². The summed E-state index contributed by atoms with van der Waals surface area (Å²) in [4.78, 5) is 12.7. The summed E-state index contributed by atoms with van der Waals surface area (Å²) >= 11 is 5.94. The average molecular weight is 429 g/mol. The second-order valence-electron chi connectivity index (χ2n) is 6.68. The number of hydrogen-bond acceptors (Lipinski definition) is 3. The minimum atomic E-state index is -3.57. The zero-order chi connectivity index (χ0) is 21.0. The van der Waals surface area contributed by atoms with E-state index in [1.54, 1.807) is 72.8 Å². The standard InChI is InChI=1S/C22H21ClN2O3S/c1-16-14-19(23)12-13-21(16)24-22(26)18-10-8-17(9-11-18)15-25(2)29(27,28)20-6-4-3-5-7-20/h3-14H,15H2,1-2H3,(H,24,26). The molecule has 3 rings (SSSR count). The average Bonchev–Trinajstić information content (AvgIpc) is 2.71. The molecule has 0 bridgehead atoms. The summed E-state index contributed by atoms with van der Waals surface area (Å²) in [7, 11) is -2.04. The van der Waals surface area contributed by atoms with Crippen LogP contribution in [0.3, 0.4) is 0 Å². The van der Waals surface area contributed by atoms with Crippen molar-refractivity contribution in [1.29, 1.82) is 0 Å². The van der Waals surface area contributed by atoms with Crippen LogP contribution in [0.15, 0.2) is 77.7 Å². The second-order valence-corrected chi connectivity index (χ2v) is 9.17. The smallest absolute Gasteiger partial charge is 0.255 e. The van der Waals surface area contributed by atoms with Gasteiger partial charge in [0.1, 0.15) is 0 Å². The highest BCUT2D eigenvalue weighted by Crippen LogP contribution is 2.21. The highest BCUT2D eigenvalue weighted by molar-refractivity contribution is 7.89. The zero-order valence-corrected chi connectivity index (χ0v) is 17.7. The number of sulfonamides is 1. The lowest BCUT2D eigenvalue weighted by atomic mass is 10.1. The Bertz CT molecular complexity index is 1110. The Kier molecular flexibility index (Phi) is 6.37. The minimum absolute atomic E-state index is 0.204. The Morgan fingerprint density at radius 2 is 1.66 bits per heavy atom. The molecule has 0 heterocycles. The third kappa shape index (κ3) is 5.03. The first-order chi connectivity index (χ1) is 13.8. The van der Waals surface area contributed by atoms with Gasteiger partial charge >= 0.3 is 0 Å². The SMILES string of the molecule is Cc1cc(Cl)ccc1NC(=O)c1ccc(CN(C)S(=O)(=O)c2ccccc2)cc1. The lowest BCUT2D eigenvalue weighted by Gasteiger charge is -2.17. The molecule has 0 aliphatic rings. The molecule has 0 aromatic heterocycles. The number of benzene rings is 3. The van der Waals surface area contributed by atoms with Crippen molar-refractivity contribution in [2.75, 3.05) is 12.4 Å². The van der Waals surface area contributed by atoms with Crippen molar-refractivity contribution in [2.24, 2.45) is 0 Å². The van der Waals surface area contributed by atoms with Gasteiger partial charge in [-0.25, -0.2) is 8.42 Å². The molecule has 29 heavy (non-hydrogen) atoms. The van der Waals surface area contributed by atoms with Crippen LogP contribution < -0.4 is 5.32 Å². The normalized spacial score (nSPS) is 11.4. The third-order valence-electron chi connectivity index (χ3n) is 4.51. The number of rotatable bonds is 6. The molecule has 1 amide bonds. The highest BCUT2D eigenvalue weighted by atomic mass is 35.5. The van der Waals surface area contributed by atoms with E-state index in [4.69, 9.17) is 11.6 Å². The number of aryl methyl sites for hydroxylation is 1. The number of halogens is 1. The fourth-order valence-electron chi connectivity index (χ4n) is 2.84. The lowest BCUT2D eigenvalue weighted by Crippen LogP contribution is -2.26. The maximum atomic E-state index is 12.6. The zero-order valence-electron chi connectivity index (χ0n) is 16.1. The summed E-state index contributed by atoms with van der Waals surface area (Å²) in [5.41, 5.74) is 2.83. The van der Waals surface area contributed by atoms with Gasteiger partial charge in [0.15, 0.2) is 0 Å². The minimum Gasteiger partial charge on any atom is -0.322 e. The lowest BCUT2D eigenvalue weighted by molar-refractivity contribution is 0.102. The van der Waals surface area contributed by atoms with Gasteiger partial charge in [-0.15, -0.1) is 0 Å². The summed E-state index contributed by atoms with van der Waals surface area (Å²) in [6.07, 6.45) is 0. The van der Waals surface area contributed by atoms with Gasteiger partial charge < -0.3 is 5.32 Å². The Labute approximate surface area is 176 Å². The first kappa shape index (κ1) is 21.0. The highest BCUT2D eigenvalue weighted by Gasteiger charge is 2.20. The molecule has 7 heteroatoms. The number of nitrogens with one attached hydrogen (secondary N) is 1. The van der Waals surface area contributed by atoms with Crippen LogP contribution in [-0.2, 0) is 16.6 Å². The van der Waals surface area contributed by atoms with E-state index in [9.17, 15) is 13.2 Å². The summed E-state index contributed by atoms with van der Waals surface area (Å²) in [6, 6.07) is 20.4. The fraction of sp³-hybridized carbons (Fsp3) is 0.136. The molecule has 0 fully saturated rings. The predicted octanol–water partition coefficient (Wildman–Crippen LogP) is 4.72. The molecule has 0 aliphatic carbocycles. The number of anilines is 1. The Hall–Kier alpha value is -2.67. The number of carbonyl (C=O) groups is 1. The quantitative estimate of drug-likeness (QED) is 0.617. The van der Waals surface area contributed by atoms with Crippen LogP contribution in [0.5, 0.6) is 0 Å². The van der Waals surface area contributed by atoms with Gasteiger partial charge in [0.2, 0.25) is 10.0 Å². The fourth-order valence-corrected chi connectivity index (χ4v) is 4.24. The van der Waals surface area contributed by atoms with Crippen LogP contribution in [-0.4, -0.2) is 25.7 Å². The molecule has 0 unspecified atom stereocenters. The van der Waals surface area contributed by atoms with Crippen molar-refractivity contribution >= 4 is 33.2 Å². The predicted molar refractivity (Wildman–Crippen MR) is 116 cm³/mol. The van der Waals surface area contributed by atoms with Crippen LogP contribution >= 0.6 is 11.6 Å². The van der Waals surface area contributed by atoms with Crippen LogP contribution in [0.1, 0.15) is 21.5 Å².